The Morgan fingerprint density at radius 3 is 2.89 bits per heavy atom. The normalized spacial score (nSPS) is 25.1. The van der Waals surface area contributed by atoms with Crippen molar-refractivity contribution < 1.29 is 0 Å². The zero-order valence-electron chi connectivity index (χ0n) is 12.4. The van der Waals surface area contributed by atoms with Crippen molar-refractivity contribution in [2.75, 3.05) is 12.3 Å². The number of nitrogens with two attached hydrogens (primary N) is 1. The number of hydrogen-bond acceptors (Lipinski definition) is 3. The average Bonchev–Trinajstić information content (AvgIpc) is 2.98. The minimum absolute atomic E-state index is 0.431. The molecular formula is C15H27N3S. The van der Waals surface area contributed by atoms with Crippen LogP contribution in [0.1, 0.15) is 57.7 Å². The number of thioether (sulfide) groups is 1. The average molecular weight is 281 g/mol. The molecule has 0 radical (unpaired) electrons. The van der Waals surface area contributed by atoms with Crippen LogP contribution in [0, 0.1) is 5.92 Å². The van der Waals surface area contributed by atoms with E-state index in [1.165, 1.54) is 30.7 Å². The molecule has 1 aliphatic rings. The van der Waals surface area contributed by atoms with Gasteiger partial charge in [-0.25, -0.2) is 4.98 Å². The van der Waals surface area contributed by atoms with E-state index in [-0.39, 0.29) is 0 Å². The van der Waals surface area contributed by atoms with Crippen molar-refractivity contribution in [3.05, 3.63) is 18.2 Å². The highest BCUT2D eigenvalue weighted by Gasteiger charge is 2.29. The van der Waals surface area contributed by atoms with Crippen molar-refractivity contribution in [2.45, 2.75) is 57.2 Å². The lowest BCUT2D eigenvalue weighted by Gasteiger charge is -2.24. The Bertz CT molecular complexity index is 388. The third-order valence-electron chi connectivity index (χ3n) is 4.29. The van der Waals surface area contributed by atoms with Crippen LogP contribution in [-0.4, -0.2) is 27.1 Å². The van der Waals surface area contributed by atoms with E-state index in [9.17, 15) is 0 Å². The van der Waals surface area contributed by atoms with E-state index in [2.05, 4.69) is 42.1 Å². The second-order valence-corrected chi connectivity index (χ2v) is 7.43. The summed E-state index contributed by atoms with van der Waals surface area (Å²) >= 11 is 2.11. The monoisotopic (exact) mass is 281 g/mol. The van der Waals surface area contributed by atoms with Crippen LogP contribution in [-0.2, 0) is 0 Å². The number of hydrogen-bond donors (Lipinski definition) is 1. The van der Waals surface area contributed by atoms with Crippen molar-refractivity contribution in [2.24, 2.45) is 11.7 Å². The van der Waals surface area contributed by atoms with E-state index in [4.69, 9.17) is 5.73 Å². The van der Waals surface area contributed by atoms with Gasteiger partial charge in [-0.05, 0) is 30.9 Å². The number of imidazole rings is 1. The van der Waals surface area contributed by atoms with Gasteiger partial charge in [0, 0.05) is 35.6 Å². The second kappa shape index (κ2) is 6.80. The molecule has 0 saturated heterocycles. The van der Waals surface area contributed by atoms with Gasteiger partial charge in [0.25, 0.3) is 0 Å². The fraction of sp³-hybridized carbons (Fsp3) is 0.800. The van der Waals surface area contributed by atoms with Crippen LogP contribution < -0.4 is 5.73 Å². The highest BCUT2D eigenvalue weighted by Crippen LogP contribution is 2.38. The molecule has 0 spiro atoms. The summed E-state index contributed by atoms with van der Waals surface area (Å²) in [5.41, 5.74) is 7.30. The molecule has 3 atom stereocenters. The molecule has 1 saturated carbocycles. The highest BCUT2D eigenvalue weighted by atomic mass is 32.2. The minimum atomic E-state index is 0.431. The quantitative estimate of drug-likeness (QED) is 0.869. The minimum Gasteiger partial charge on any atom is -0.331 e. The first-order valence-corrected chi connectivity index (χ1v) is 8.55. The van der Waals surface area contributed by atoms with Crippen LogP contribution in [0.25, 0.3) is 0 Å². The Hall–Kier alpha value is -0.480. The van der Waals surface area contributed by atoms with Crippen LogP contribution in [0.3, 0.4) is 0 Å². The first kappa shape index (κ1) is 14.9. The molecule has 2 rings (SSSR count). The standard InChI is InChI=1S/C15H27N3S/c1-4-19-13-6-5-12(7-13)18-10-17-9-15(18)14(8-16)11(2)3/h9-14H,4-8,16H2,1-3H3. The SMILES string of the molecule is CCSC1CCC(n2cncc2C(CN)C(C)C)C1. The Morgan fingerprint density at radius 1 is 1.47 bits per heavy atom. The molecule has 1 aliphatic carbocycles. The van der Waals surface area contributed by atoms with E-state index < -0.39 is 0 Å². The first-order valence-electron chi connectivity index (χ1n) is 7.50. The highest BCUT2D eigenvalue weighted by molar-refractivity contribution is 7.99. The third-order valence-corrected chi connectivity index (χ3v) is 5.52. The predicted molar refractivity (Wildman–Crippen MR) is 83.7 cm³/mol. The first-order chi connectivity index (χ1) is 9.17. The summed E-state index contributed by atoms with van der Waals surface area (Å²) in [4.78, 5) is 4.39. The van der Waals surface area contributed by atoms with Crippen LogP contribution in [0.5, 0.6) is 0 Å². The summed E-state index contributed by atoms with van der Waals surface area (Å²) in [5, 5.41) is 0.834. The van der Waals surface area contributed by atoms with Gasteiger partial charge in [0.15, 0.2) is 0 Å². The summed E-state index contributed by atoms with van der Waals surface area (Å²) in [7, 11) is 0. The van der Waals surface area contributed by atoms with Gasteiger partial charge in [-0.15, -0.1) is 0 Å². The lowest BCUT2D eigenvalue weighted by atomic mass is 9.92. The molecule has 0 amide bonds. The molecular weight excluding hydrogens is 254 g/mol. The van der Waals surface area contributed by atoms with Crippen LogP contribution >= 0.6 is 11.8 Å². The van der Waals surface area contributed by atoms with Crippen molar-refractivity contribution in [1.29, 1.82) is 0 Å². The van der Waals surface area contributed by atoms with Gasteiger partial charge in [-0.2, -0.15) is 11.8 Å². The molecule has 0 aromatic carbocycles. The van der Waals surface area contributed by atoms with Gasteiger partial charge < -0.3 is 10.3 Å². The Morgan fingerprint density at radius 2 is 2.26 bits per heavy atom. The van der Waals surface area contributed by atoms with Crippen molar-refractivity contribution in [3.8, 4) is 0 Å². The van der Waals surface area contributed by atoms with Crippen LogP contribution in [0.2, 0.25) is 0 Å². The lowest BCUT2D eigenvalue weighted by molar-refractivity contribution is 0.434. The van der Waals surface area contributed by atoms with Gasteiger partial charge in [0.2, 0.25) is 0 Å². The molecule has 1 fully saturated rings. The summed E-state index contributed by atoms with van der Waals surface area (Å²) in [5.74, 6) is 2.23. The van der Waals surface area contributed by atoms with Gasteiger partial charge >= 0.3 is 0 Å². The summed E-state index contributed by atoms with van der Waals surface area (Å²) in [6, 6.07) is 0.634. The fourth-order valence-electron chi connectivity index (χ4n) is 3.20. The zero-order chi connectivity index (χ0) is 13.8. The van der Waals surface area contributed by atoms with Gasteiger partial charge in [0.05, 0.1) is 6.33 Å². The maximum atomic E-state index is 5.96. The van der Waals surface area contributed by atoms with Crippen molar-refractivity contribution in [1.82, 2.24) is 9.55 Å². The molecule has 1 aromatic heterocycles. The van der Waals surface area contributed by atoms with E-state index in [1.54, 1.807) is 0 Å². The molecule has 0 aliphatic heterocycles. The molecule has 3 unspecified atom stereocenters. The summed E-state index contributed by atoms with van der Waals surface area (Å²) < 4.78 is 2.41. The predicted octanol–water partition coefficient (Wildman–Crippen LogP) is 3.43. The number of aromatic nitrogens is 2. The van der Waals surface area contributed by atoms with E-state index in [1.807, 2.05) is 12.5 Å². The van der Waals surface area contributed by atoms with E-state index >= 15 is 0 Å². The van der Waals surface area contributed by atoms with Gasteiger partial charge in [-0.3, -0.25) is 0 Å². The summed E-state index contributed by atoms with van der Waals surface area (Å²) in [6.07, 6.45) is 7.96. The zero-order valence-corrected chi connectivity index (χ0v) is 13.2. The fourth-order valence-corrected chi connectivity index (χ4v) is 4.33. The maximum absolute atomic E-state index is 5.96. The topological polar surface area (TPSA) is 43.8 Å². The van der Waals surface area contributed by atoms with Crippen molar-refractivity contribution >= 4 is 11.8 Å². The third kappa shape index (κ3) is 3.34. The summed E-state index contributed by atoms with van der Waals surface area (Å²) in [6.45, 7) is 7.46. The molecule has 1 aromatic rings. The second-order valence-electron chi connectivity index (χ2n) is 5.86. The van der Waals surface area contributed by atoms with E-state index in [0.29, 0.717) is 24.4 Å². The molecule has 4 heteroatoms. The largest absolute Gasteiger partial charge is 0.331 e. The number of nitrogens with zero attached hydrogens (tertiary/aromatic N) is 2. The molecule has 1 heterocycles. The molecule has 108 valence electrons. The van der Waals surface area contributed by atoms with Crippen molar-refractivity contribution in [3.63, 3.8) is 0 Å². The van der Waals surface area contributed by atoms with Gasteiger partial charge in [-0.1, -0.05) is 20.8 Å². The van der Waals surface area contributed by atoms with Gasteiger partial charge in [0.1, 0.15) is 0 Å². The molecule has 0 bridgehead atoms. The molecule has 3 nitrogen and oxygen atoms in total. The van der Waals surface area contributed by atoms with Crippen LogP contribution in [0.15, 0.2) is 12.5 Å². The smallest absolute Gasteiger partial charge is 0.0950 e. The molecule has 19 heavy (non-hydrogen) atoms. The Balaban J connectivity index is 2.12. The molecule has 2 N–H and O–H groups in total. The number of rotatable bonds is 6. The maximum Gasteiger partial charge on any atom is 0.0950 e. The Kier molecular flexibility index (Phi) is 5.34. The van der Waals surface area contributed by atoms with E-state index in [0.717, 1.165) is 5.25 Å². The lowest BCUT2D eigenvalue weighted by Crippen LogP contribution is -2.22. The Labute approximate surface area is 121 Å². The van der Waals surface area contributed by atoms with Crippen LogP contribution in [0.4, 0.5) is 0 Å².